The Morgan fingerprint density at radius 2 is 2.15 bits per heavy atom. The molecule has 2 aromatic rings. The van der Waals surface area contributed by atoms with Gasteiger partial charge in [0.15, 0.2) is 0 Å². The molecule has 1 saturated heterocycles. The molecule has 0 aliphatic carbocycles. The Bertz CT molecular complexity index is 795. The molecule has 2 amide bonds. The van der Waals surface area contributed by atoms with Crippen LogP contribution in [0.3, 0.4) is 0 Å². The SMILES string of the molecule is Cc1ccc(Cl)cc1CNC(=O)[C@H]1CCCCN1C(=O)c1cccnc1. The van der Waals surface area contributed by atoms with Gasteiger partial charge in [-0.3, -0.25) is 14.6 Å². The van der Waals surface area contributed by atoms with Crippen molar-refractivity contribution in [1.29, 1.82) is 0 Å². The van der Waals surface area contributed by atoms with Crippen molar-refractivity contribution < 1.29 is 9.59 Å². The van der Waals surface area contributed by atoms with Crippen molar-refractivity contribution in [2.45, 2.75) is 38.8 Å². The van der Waals surface area contributed by atoms with E-state index in [0.717, 1.165) is 24.0 Å². The largest absolute Gasteiger partial charge is 0.350 e. The van der Waals surface area contributed by atoms with Crippen molar-refractivity contribution >= 4 is 23.4 Å². The Kier molecular flexibility index (Phi) is 5.89. The van der Waals surface area contributed by atoms with Crippen LogP contribution in [0.15, 0.2) is 42.7 Å². The minimum atomic E-state index is -0.448. The van der Waals surface area contributed by atoms with E-state index in [1.54, 1.807) is 29.4 Å². The number of aromatic nitrogens is 1. The highest BCUT2D eigenvalue weighted by Gasteiger charge is 2.32. The van der Waals surface area contributed by atoms with Crippen LogP contribution in [-0.4, -0.2) is 34.3 Å². The van der Waals surface area contributed by atoms with Gasteiger partial charge < -0.3 is 10.2 Å². The van der Waals surface area contributed by atoms with Gasteiger partial charge in [-0.1, -0.05) is 17.7 Å². The summed E-state index contributed by atoms with van der Waals surface area (Å²) in [6.07, 6.45) is 5.69. The molecule has 1 aromatic heterocycles. The molecule has 0 radical (unpaired) electrons. The fraction of sp³-hybridized carbons (Fsp3) is 0.350. The second kappa shape index (κ2) is 8.32. The third-order valence-corrected chi connectivity index (χ3v) is 4.97. The van der Waals surface area contributed by atoms with Crippen LogP contribution < -0.4 is 5.32 Å². The van der Waals surface area contributed by atoms with E-state index >= 15 is 0 Å². The number of halogens is 1. The van der Waals surface area contributed by atoms with E-state index in [1.807, 2.05) is 25.1 Å². The van der Waals surface area contributed by atoms with Crippen molar-refractivity contribution in [2.24, 2.45) is 0 Å². The number of carbonyl (C=O) groups is 2. The number of benzene rings is 1. The van der Waals surface area contributed by atoms with Gasteiger partial charge in [0.1, 0.15) is 6.04 Å². The molecule has 1 N–H and O–H groups in total. The number of carbonyl (C=O) groups excluding carboxylic acids is 2. The van der Waals surface area contributed by atoms with Gasteiger partial charge in [0.25, 0.3) is 5.91 Å². The van der Waals surface area contributed by atoms with Crippen LogP contribution in [-0.2, 0) is 11.3 Å². The topological polar surface area (TPSA) is 62.3 Å². The summed E-state index contributed by atoms with van der Waals surface area (Å²) in [5.74, 6) is -0.266. The molecule has 0 saturated carbocycles. The molecular formula is C20H22ClN3O2. The first kappa shape index (κ1) is 18.4. The summed E-state index contributed by atoms with van der Waals surface area (Å²) >= 11 is 6.04. The van der Waals surface area contributed by atoms with Crippen molar-refractivity contribution in [3.05, 3.63) is 64.4 Å². The molecule has 26 heavy (non-hydrogen) atoms. The Labute approximate surface area is 158 Å². The summed E-state index contributed by atoms with van der Waals surface area (Å²) in [5, 5.41) is 3.61. The number of piperidine rings is 1. The summed E-state index contributed by atoms with van der Waals surface area (Å²) in [4.78, 5) is 31.2. The fourth-order valence-electron chi connectivity index (χ4n) is 3.23. The zero-order chi connectivity index (χ0) is 18.5. The van der Waals surface area contributed by atoms with Crippen LogP contribution in [0.4, 0.5) is 0 Å². The van der Waals surface area contributed by atoms with E-state index in [2.05, 4.69) is 10.3 Å². The van der Waals surface area contributed by atoms with Crippen LogP contribution in [0.2, 0.25) is 5.02 Å². The minimum Gasteiger partial charge on any atom is -0.350 e. The normalized spacial score (nSPS) is 17.0. The monoisotopic (exact) mass is 371 g/mol. The van der Waals surface area contributed by atoms with Crippen LogP contribution in [0.5, 0.6) is 0 Å². The van der Waals surface area contributed by atoms with Crippen molar-refractivity contribution in [3.8, 4) is 0 Å². The molecule has 1 aromatic carbocycles. The molecule has 1 atom stereocenters. The number of pyridine rings is 1. The second-order valence-corrected chi connectivity index (χ2v) is 6.98. The summed E-state index contributed by atoms with van der Waals surface area (Å²) in [5.41, 5.74) is 2.56. The lowest BCUT2D eigenvalue weighted by atomic mass is 10.00. The number of rotatable bonds is 4. The van der Waals surface area contributed by atoms with Gasteiger partial charge >= 0.3 is 0 Å². The molecule has 0 bridgehead atoms. The Hall–Kier alpha value is -2.40. The maximum atomic E-state index is 12.8. The lowest BCUT2D eigenvalue weighted by Gasteiger charge is -2.34. The predicted octanol–water partition coefficient (Wildman–Crippen LogP) is 3.35. The summed E-state index contributed by atoms with van der Waals surface area (Å²) < 4.78 is 0. The molecule has 1 aliphatic heterocycles. The van der Waals surface area contributed by atoms with Gasteiger partial charge in [-0.05, 0) is 61.6 Å². The van der Waals surface area contributed by atoms with Crippen molar-refractivity contribution in [1.82, 2.24) is 15.2 Å². The number of amides is 2. The fourth-order valence-corrected chi connectivity index (χ4v) is 3.43. The Balaban J connectivity index is 1.70. The van der Waals surface area contributed by atoms with Gasteiger partial charge in [-0.15, -0.1) is 0 Å². The van der Waals surface area contributed by atoms with Crippen LogP contribution in [0, 0.1) is 6.92 Å². The van der Waals surface area contributed by atoms with Gasteiger partial charge in [0.05, 0.1) is 5.56 Å². The van der Waals surface area contributed by atoms with Crippen LogP contribution >= 0.6 is 11.6 Å². The number of aryl methyl sites for hydroxylation is 1. The Morgan fingerprint density at radius 3 is 2.92 bits per heavy atom. The number of hydrogen-bond donors (Lipinski definition) is 1. The van der Waals surface area contributed by atoms with E-state index in [1.165, 1.54) is 0 Å². The summed E-state index contributed by atoms with van der Waals surface area (Å²) in [6, 6.07) is 8.63. The van der Waals surface area contributed by atoms with Gasteiger partial charge in [-0.25, -0.2) is 0 Å². The molecule has 136 valence electrons. The van der Waals surface area contributed by atoms with Crippen LogP contribution in [0.1, 0.15) is 40.7 Å². The first-order chi connectivity index (χ1) is 12.6. The first-order valence-corrected chi connectivity index (χ1v) is 9.18. The number of likely N-dealkylation sites (tertiary alicyclic amines) is 1. The lowest BCUT2D eigenvalue weighted by molar-refractivity contribution is -0.126. The zero-order valence-corrected chi connectivity index (χ0v) is 15.5. The van der Waals surface area contributed by atoms with Gasteiger partial charge in [-0.2, -0.15) is 0 Å². The maximum Gasteiger partial charge on any atom is 0.256 e. The highest BCUT2D eigenvalue weighted by Crippen LogP contribution is 2.20. The molecule has 5 nitrogen and oxygen atoms in total. The standard InChI is InChI=1S/C20H22ClN3O2/c1-14-7-8-17(21)11-16(14)13-23-19(25)18-6-2-3-10-24(18)20(26)15-5-4-9-22-12-15/h4-5,7-9,11-12,18H,2-3,6,10,13H2,1H3,(H,23,25)/t18-/m1/s1. The quantitative estimate of drug-likeness (QED) is 0.896. The molecule has 1 fully saturated rings. The Morgan fingerprint density at radius 1 is 1.31 bits per heavy atom. The van der Waals surface area contributed by atoms with E-state index in [4.69, 9.17) is 11.6 Å². The third kappa shape index (κ3) is 4.22. The maximum absolute atomic E-state index is 12.8. The number of hydrogen-bond acceptors (Lipinski definition) is 3. The molecule has 2 heterocycles. The highest BCUT2D eigenvalue weighted by molar-refractivity contribution is 6.30. The molecule has 1 aliphatic rings. The smallest absolute Gasteiger partial charge is 0.256 e. The minimum absolute atomic E-state index is 0.124. The van der Waals surface area contributed by atoms with E-state index in [0.29, 0.717) is 30.1 Å². The van der Waals surface area contributed by atoms with E-state index in [9.17, 15) is 9.59 Å². The molecule has 0 spiro atoms. The summed E-state index contributed by atoms with van der Waals surface area (Å²) in [6.45, 7) is 2.97. The van der Waals surface area contributed by atoms with E-state index < -0.39 is 6.04 Å². The first-order valence-electron chi connectivity index (χ1n) is 8.80. The van der Waals surface area contributed by atoms with Gasteiger partial charge in [0, 0.05) is 30.5 Å². The predicted molar refractivity (Wildman–Crippen MR) is 101 cm³/mol. The molecule has 6 heteroatoms. The van der Waals surface area contributed by atoms with Crippen molar-refractivity contribution in [2.75, 3.05) is 6.54 Å². The number of nitrogens with one attached hydrogen (secondary N) is 1. The molecular weight excluding hydrogens is 350 g/mol. The lowest BCUT2D eigenvalue weighted by Crippen LogP contribution is -2.51. The van der Waals surface area contributed by atoms with Crippen molar-refractivity contribution in [3.63, 3.8) is 0 Å². The number of nitrogens with zero attached hydrogens (tertiary/aromatic N) is 2. The summed E-state index contributed by atoms with van der Waals surface area (Å²) in [7, 11) is 0. The third-order valence-electron chi connectivity index (χ3n) is 4.74. The van der Waals surface area contributed by atoms with Gasteiger partial charge in [0.2, 0.25) is 5.91 Å². The molecule has 3 rings (SSSR count). The second-order valence-electron chi connectivity index (χ2n) is 6.54. The van der Waals surface area contributed by atoms with Crippen LogP contribution in [0.25, 0.3) is 0 Å². The zero-order valence-electron chi connectivity index (χ0n) is 14.7. The van der Waals surface area contributed by atoms with E-state index in [-0.39, 0.29) is 11.8 Å². The molecule has 0 unspecified atom stereocenters. The average molecular weight is 372 g/mol. The highest BCUT2D eigenvalue weighted by atomic mass is 35.5. The average Bonchev–Trinajstić information content (AvgIpc) is 2.68.